The van der Waals surface area contributed by atoms with Crippen LogP contribution < -0.4 is 10.6 Å². The highest BCUT2D eigenvalue weighted by molar-refractivity contribution is 5.46. The Hall–Kier alpha value is -1.32. The third-order valence-corrected chi connectivity index (χ3v) is 3.92. The minimum absolute atomic E-state index is 0.581. The molecule has 4 nitrogen and oxygen atoms in total. The van der Waals surface area contributed by atoms with Crippen LogP contribution in [0, 0.1) is 5.92 Å². The third kappa shape index (κ3) is 4.37. The van der Waals surface area contributed by atoms with Crippen molar-refractivity contribution >= 4 is 11.6 Å². The number of rotatable bonds is 6. The molecule has 1 saturated carbocycles. The average molecular weight is 262 g/mol. The van der Waals surface area contributed by atoms with Crippen molar-refractivity contribution < 1.29 is 0 Å². The lowest BCUT2D eigenvalue weighted by atomic mass is 9.83. The standard InChI is InChI=1S/C15H26N4/c1-3-5-12-6-8-13(9-7-12)19-15-10-14(16-4-2)17-11-18-15/h10-13H,3-9H2,1-2H3,(H2,16,17,18,19). The van der Waals surface area contributed by atoms with Crippen LogP contribution in [0.15, 0.2) is 12.4 Å². The molecule has 0 bridgehead atoms. The molecule has 0 atom stereocenters. The lowest BCUT2D eigenvalue weighted by Crippen LogP contribution is -2.26. The number of hydrogen-bond donors (Lipinski definition) is 2. The van der Waals surface area contributed by atoms with E-state index in [9.17, 15) is 0 Å². The zero-order valence-corrected chi connectivity index (χ0v) is 12.2. The second kappa shape index (κ2) is 7.31. The Kier molecular flexibility index (Phi) is 5.43. The van der Waals surface area contributed by atoms with Crippen molar-refractivity contribution in [2.24, 2.45) is 5.92 Å². The molecule has 0 radical (unpaired) electrons. The van der Waals surface area contributed by atoms with Gasteiger partial charge in [-0.05, 0) is 38.5 Å². The molecule has 2 rings (SSSR count). The summed E-state index contributed by atoms with van der Waals surface area (Å²) in [6.07, 6.45) is 9.60. The molecule has 2 N–H and O–H groups in total. The molecular formula is C15H26N4. The molecule has 1 aromatic heterocycles. The Morgan fingerprint density at radius 1 is 1.11 bits per heavy atom. The maximum absolute atomic E-state index is 4.31. The molecule has 1 aromatic rings. The maximum atomic E-state index is 4.31. The van der Waals surface area contributed by atoms with Crippen molar-refractivity contribution in [3.63, 3.8) is 0 Å². The van der Waals surface area contributed by atoms with Crippen molar-refractivity contribution in [2.45, 2.75) is 58.4 Å². The van der Waals surface area contributed by atoms with E-state index >= 15 is 0 Å². The van der Waals surface area contributed by atoms with E-state index in [1.165, 1.54) is 38.5 Å². The summed E-state index contributed by atoms with van der Waals surface area (Å²) < 4.78 is 0. The van der Waals surface area contributed by atoms with Gasteiger partial charge in [-0.1, -0.05) is 19.8 Å². The minimum atomic E-state index is 0.581. The van der Waals surface area contributed by atoms with E-state index in [0.717, 1.165) is 24.1 Å². The van der Waals surface area contributed by atoms with Gasteiger partial charge in [-0.15, -0.1) is 0 Å². The zero-order chi connectivity index (χ0) is 13.5. The quantitative estimate of drug-likeness (QED) is 0.821. The largest absolute Gasteiger partial charge is 0.370 e. The molecule has 0 aromatic carbocycles. The van der Waals surface area contributed by atoms with Crippen molar-refractivity contribution in [3.8, 4) is 0 Å². The molecule has 0 spiro atoms. The van der Waals surface area contributed by atoms with Gasteiger partial charge >= 0.3 is 0 Å². The van der Waals surface area contributed by atoms with Crippen molar-refractivity contribution in [2.75, 3.05) is 17.2 Å². The predicted molar refractivity (Wildman–Crippen MR) is 80.5 cm³/mol. The van der Waals surface area contributed by atoms with Gasteiger partial charge in [-0.25, -0.2) is 9.97 Å². The Labute approximate surface area is 116 Å². The molecule has 1 heterocycles. The van der Waals surface area contributed by atoms with Gasteiger partial charge in [0.25, 0.3) is 0 Å². The SMILES string of the molecule is CCCC1CCC(Nc2cc(NCC)ncn2)CC1. The normalized spacial score (nSPS) is 23.1. The first-order valence-corrected chi connectivity index (χ1v) is 7.64. The molecule has 1 aliphatic carbocycles. The van der Waals surface area contributed by atoms with Crippen LogP contribution in [0.2, 0.25) is 0 Å². The van der Waals surface area contributed by atoms with Crippen LogP contribution in [0.25, 0.3) is 0 Å². The van der Waals surface area contributed by atoms with Crippen LogP contribution in [0.3, 0.4) is 0 Å². The first-order chi connectivity index (χ1) is 9.31. The first kappa shape index (κ1) is 14.1. The summed E-state index contributed by atoms with van der Waals surface area (Å²) in [5.74, 6) is 2.80. The summed E-state index contributed by atoms with van der Waals surface area (Å²) in [6.45, 7) is 5.25. The zero-order valence-electron chi connectivity index (χ0n) is 12.2. The monoisotopic (exact) mass is 262 g/mol. The fraction of sp³-hybridized carbons (Fsp3) is 0.733. The molecule has 1 aliphatic rings. The van der Waals surface area contributed by atoms with Gasteiger partial charge in [0.1, 0.15) is 18.0 Å². The number of hydrogen-bond acceptors (Lipinski definition) is 4. The predicted octanol–water partition coefficient (Wildman–Crippen LogP) is 3.68. The number of nitrogens with zero attached hydrogens (tertiary/aromatic N) is 2. The van der Waals surface area contributed by atoms with E-state index in [0.29, 0.717) is 6.04 Å². The fourth-order valence-corrected chi connectivity index (χ4v) is 2.93. The van der Waals surface area contributed by atoms with E-state index in [1.807, 2.05) is 6.07 Å². The maximum Gasteiger partial charge on any atom is 0.131 e. The van der Waals surface area contributed by atoms with Gasteiger partial charge in [0.05, 0.1) is 0 Å². The second-order valence-electron chi connectivity index (χ2n) is 5.47. The van der Waals surface area contributed by atoms with Crippen molar-refractivity contribution in [3.05, 3.63) is 12.4 Å². The van der Waals surface area contributed by atoms with E-state index in [-0.39, 0.29) is 0 Å². The molecule has 0 saturated heterocycles. The van der Waals surface area contributed by atoms with Crippen LogP contribution in [-0.2, 0) is 0 Å². The van der Waals surface area contributed by atoms with Gasteiger partial charge in [0, 0.05) is 18.7 Å². The molecule has 4 heteroatoms. The molecule has 0 amide bonds. The molecule has 1 fully saturated rings. The molecule has 0 aliphatic heterocycles. The lowest BCUT2D eigenvalue weighted by molar-refractivity contribution is 0.318. The van der Waals surface area contributed by atoms with Gasteiger partial charge in [0.15, 0.2) is 0 Å². The lowest BCUT2D eigenvalue weighted by Gasteiger charge is -2.29. The minimum Gasteiger partial charge on any atom is -0.370 e. The number of aromatic nitrogens is 2. The van der Waals surface area contributed by atoms with Crippen LogP contribution >= 0.6 is 0 Å². The van der Waals surface area contributed by atoms with Crippen LogP contribution in [0.5, 0.6) is 0 Å². The van der Waals surface area contributed by atoms with E-state index < -0.39 is 0 Å². The fourth-order valence-electron chi connectivity index (χ4n) is 2.93. The Morgan fingerprint density at radius 3 is 2.53 bits per heavy atom. The van der Waals surface area contributed by atoms with E-state index in [2.05, 4.69) is 34.4 Å². The Bertz CT molecular complexity index is 372. The Morgan fingerprint density at radius 2 is 1.84 bits per heavy atom. The van der Waals surface area contributed by atoms with E-state index in [1.54, 1.807) is 6.33 Å². The highest BCUT2D eigenvalue weighted by Gasteiger charge is 2.20. The second-order valence-corrected chi connectivity index (χ2v) is 5.47. The van der Waals surface area contributed by atoms with Crippen LogP contribution in [0.4, 0.5) is 11.6 Å². The summed E-state index contributed by atoms with van der Waals surface area (Å²) in [4.78, 5) is 8.51. The highest BCUT2D eigenvalue weighted by atomic mass is 15.1. The molecular weight excluding hydrogens is 236 g/mol. The van der Waals surface area contributed by atoms with Gasteiger partial charge < -0.3 is 10.6 Å². The van der Waals surface area contributed by atoms with Crippen LogP contribution in [0.1, 0.15) is 52.4 Å². The summed E-state index contributed by atoms with van der Waals surface area (Å²) in [5, 5.41) is 6.77. The van der Waals surface area contributed by atoms with Crippen molar-refractivity contribution in [1.29, 1.82) is 0 Å². The average Bonchev–Trinajstić information content (AvgIpc) is 2.42. The van der Waals surface area contributed by atoms with Gasteiger partial charge in [0.2, 0.25) is 0 Å². The van der Waals surface area contributed by atoms with Gasteiger partial charge in [-0.2, -0.15) is 0 Å². The molecule has 106 valence electrons. The third-order valence-electron chi connectivity index (χ3n) is 3.92. The smallest absolute Gasteiger partial charge is 0.131 e. The topological polar surface area (TPSA) is 49.8 Å². The summed E-state index contributed by atoms with van der Waals surface area (Å²) in [5.41, 5.74) is 0. The summed E-state index contributed by atoms with van der Waals surface area (Å²) in [7, 11) is 0. The molecule has 0 unspecified atom stereocenters. The summed E-state index contributed by atoms with van der Waals surface area (Å²) in [6, 6.07) is 2.58. The van der Waals surface area contributed by atoms with Crippen molar-refractivity contribution in [1.82, 2.24) is 9.97 Å². The van der Waals surface area contributed by atoms with E-state index in [4.69, 9.17) is 0 Å². The number of anilines is 2. The number of nitrogens with one attached hydrogen (secondary N) is 2. The van der Waals surface area contributed by atoms with Gasteiger partial charge in [-0.3, -0.25) is 0 Å². The first-order valence-electron chi connectivity index (χ1n) is 7.64. The molecule has 19 heavy (non-hydrogen) atoms. The summed E-state index contributed by atoms with van der Waals surface area (Å²) >= 11 is 0. The van der Waals surface area contributed by atoms with Crippen LogP contribution in [-0.4, -0.2) is 22.6 Å². The Balaban J connectivity index is 1.83. The highest BCUT2D eigenvalue weighted by Crippen LogP contribution is 2.29.